The third kappa shape index (κ3) is 8.64. The maximum Gasteiger partial charge on any atom is 0.326 e. The molecule has 12 nitrogen and oxygen atoms in total. The van der Waals surface area contributed by atoms with E-state index in [1.54, 1.807) is 50.4 Å². The second-order valence-electron chi connectivity index (χ2n) is 10.2. The van der Waals surface area contributed by atoms with Gasteiger partial charge in [0.1, 0.15) is 18.1 Å². The third-order valence-corrected chi connectivity index (χ3v) is 6.69. The van der Waals surface area contributed by atoms with Crippen molar-refractivity contribution in [3.8, 4) is 0 Å². The Bertz CT molecular complexity index is 1390. The zero-order chi connectivity index (χ0) is 30.1. The zero-order valence-corrected chi connectivity index (χ0v) is 22.9. The lowest BCUT2D eigenvalue weighted by molar-refractivity contribution is -0.142. The van der Waals surface area contributed by atoms with E-state index in [-0.39, 0.29) is 18.8 Å². The van der Waals surface area contributed by atoms with Gasteiger partial charge in [0.2, 0.25) is 23.6 Å². The average molecular weight is 565 g/mol. The molecule has 0 bridgehead atoms. The summed E-state index contributed by atoms with van der Waals surface area (Å²) in [7, 11) is 0. The van der Waals surface area contributed by atoms with E-state index < -0.39 is 60.2 Å². The van der Waals surface area contributed by atoms with E-state index in [0.29, 0.717) is 5.56 Å². The summed E-state index contributed by atoms with van der Waals surface area (Å²) in [4.78, 5) is 66.2. The number of nitrogens with one attached hydrogen (secondary N) is 4. The lowest BCUT2D eigenvalue weighted by atomic mass is 10.0. The van der Waals surface area contributed by atoms with Gasteiger partial charge < -0.3 is 37.5 Å². The molecule has 0 aliphatic rings. The Labute approximate surface area is 237 Å². The Hall–Kier alpha value is -4.71. The van der Waals surface area contributed by atoms with Crippen molar-refractivity contribution in [3.05, 3.63) is 71.9 Å². The fraction of sp³-hybridized carbons (Fsp3) is 0.345. The summed E-state index contributed by atoms with van der Waals surface area (Å²) in [6.45, 7) is 3.53. The lowest BCUT2D eigenvalue weighted by Crippen LogP contribution is -2.58. The second-order valence-corrected chi connectivity index (χ2v) is 10.2. The second kappa shape index (κ2) is 14.1. The van der Waals surface area contributed by atoms with Crippen molar-refractivity contribution in [2.24, 2.45) is 17.4 Å². The molecule has 0 aliphatic carbocycles. The van der Waals surface area contributed by atoms with Gasteiger partial charge in [0.25, 0.3) is 0 Å². The first-order chi connectivity index (χ1) is 19.5. The largest absolute Gasteiger partial charge is 0.480 e. The molecule has 12 heteroatoms. The smallest absolute Gasteiger partial charge is 0.326 e. The van der Waals surface area contributed by atoms with Crippen LogP contribution in [0.3, 0.4) is 0 Å². The van der Waals surface area contributed by atoms with Crippen molar-refractivity contribution in [2.75, 3.05) is 0 Å². The molecule has 0 radical (unpaired) electrons. The van der Waals surface area contributed by atoms with Gasteiger partial charge in [-0.25, -0.2) is 4.79 Å². The van der Waals surface area contributed by atoms with Crippen LogP contribution in [0, 0.1) is 5.92 Å². The van der Waals surface area contributed by atoms with Crippen molar-refractivity contribution in [3.63, 3.8) is 0 Å². The number of H-pyrrole nitrogens is 1. The van der Waals surface area contributed by atoms with Crippen LogP contribution in [-0.2, 0) is 36.8 Å². The molecule has 2 aromatic carbocycles. The van der Waals surface area contributed by atoms with Crippen LogP contribution in [0.1, 0.15) is 31.4 Å². The normalized spacial score (nSPS) is 14.0. The Kier molecular flexibility index (Phi) is 10.6. The quantitative estimate of drug-likeness (QED) is 0.146. The first kappa shape index (κ1) is 30.8. The number of fused-ring (bicyclic) bond motifs is 1. The molecule has 0 aliphatic heterocycles. The predicted octanol–water partition coefficient (Wildman–Crippen LogP) is 0.351. The highest BCUT2D eigenvalue weighted by Crippen LogP contribution is 2.19. The van der Waals surface area contributed by atoms with Crippen LogP contribution in [-0.4, -0.2) is 63.9 Å². The van der Waals surface area contributed by atoms with E-state index in [2.05, 4.69) is 20.9 Å². The topological polar surface area (TPSA) is 209 Å². The summed E-state index contributed by atoms with van der Waals surface area (Å²) in [6, 6.07) is 11.3. The molecule has 9 N–H and O–H groups in total. The summed E-state index contributed by atoms with van der Waals surface area (Å²) in [6.07, 6.45) is 1.09. The molecule has 0 spiro atoms. The van der Waals surface area contributed by atoms with Gasteiger partial charge in [0.15, 0.2) is 0 Å². The molecule has 4 atom stereocenters. The van der Waals surface area contributed by atoms with E-state index in [1.165, 1.54) is 0 Å². The van der Waals surface area contributed by atoms with Gasteiger partial charge in [-0.3, -0.25) is 19.2 Å². The van der Waals surface area contributed by atoms with Crippen LogP contribution in [0.15, 0.2) is 60.8 Å². The number of carboxylic acids is 1. The molecule has 41 heavy (non-hydrogen) atoms. The minimum atomic E-state index is -1.49. The summed E-state index contributed by atoms with van der Waals surface area (Å²) in [5.41, 5.74) is 13.5. The molecule has 0 saturated heterocycles. The minimum absolute atomic E-state index is 0.0535. The molecule has 3 rings (SSSR count). The first-order valence-corrected chi connectivity index (χ1v) is 13.2. The first-order valence-electron chi connectivity index (χ1n) is 13.2. The van der Waals surface area contributed by atoms with Gasteiger partial charge in [-0.1, -0.05) is 62.4 Å². The van der Waals surface area contributed by atoms with Crippen molar-refractivity contribution >= 4 is 40.5 Å². The number of aromatic amines is 1. The molecular weight excluding hydrogens is 528 g/mol. The number of primary amides is 1. The number of carbonyl (C=O) groups excluding carboxylic acids is 4. The fourth-order valence-electron chi connectivity index (χ4n) is 4.31. The van der Waals surface area contributed by atoms with E-state index in [4.69, 9.17) is 11.5 Å². The van der Waals surface area contributed by atoms with Crippen LogP contribution in [0.4, 0.5) is 0 Å². The van der Waals surface area contributed by atoms with Crippen molar-refractivity contribution in [1.82, 2.24) is 20.9 Å². The molecular formula is C29H36N6O6. The average Bonchev–Trinajstić information content (AvgIpc) is 3.34. The molecule has 218 valence electrons. The van der Waals surface area contributed by atoms with Gasteiger partial charge in [-0.05, 0) is 23.1 Å². The van der Waals surface area contributed by atoms with Crippen molar-refractivity contribution < 1.29 is 29.1 Å². The highest BCUT2D eigenvalue weighted by molar-refractivity contribution is 5.96. The number of hydrogen-bond donors (Lipinski definition) is 7. The number of benzene rings is 2. The summed E-state index contributed by atoms with van der Waals surface area (Å²) in [5.74, 6) is -4.62. The molecule has 4 unspecified atom stereocenters. The highest BCUT2D eigenvalue weighted by atomic mass is 16.4. The number of hydrogen-bond acceptors (Lipinski definition) is 6. The number of nitrogens with two attached hydrogens (primary N) is 2. The van der Waals surface area contributed by atoms with Gasteiger partial charge in [0.05, 0.1) is 12.5 Å². The standard InChI is InChI=1S/C29H36N6O6/c1-16(2)25(31)28(39)34-21(12-17-8-4-3-5-9-17)26(37)33-22(14-24(30)36)27(38)35-23(29(40)41)13-18-15-32-20-11-7-6-10-19(18)20/h3-11,15-16,21-23,25,32H,12-14,31H2,1-2H3,(H2,30,36)(H,33,37)(H,34,39)(H,35,38)(H,40,41). The van der Waals surface area contributed by atoms with Crippen LogP contribution < -0.4 is 27.4 Å². The number of carboxylic acid groups (broad SMARTS) is 1. The van der Waals surface area contributed by atoms with Gasteiger partial charge >= 0.3 is 5.97 Å². The fourth-order valence-corrected chi connectivity index (χ4v) is 4.31. The van der Waals surface area contributed by atoms with Gasteiger partial charge in [0, 0.05) is 29.9 Å². The van der Waals surface area contributed by atoms with Crippen molar-refractivity contribution in [2.45, 2.75) is 57.3 Å². The Balaban J connectivity index is 1.79. The van der Waals surface area contributed by atoms with E-state index in [0.717, 1.165) is 16.5 Å². The Morgan fingerprint density at radius 1 is 0.805 bits per heavy atom. The highest BCUT2D eigenvalue weighted by Gasteiger charge is 2.32. The summed E-state index contributed by atoms with van der Waals surface area (Å²) in [5, 5.41) is 18.1. The summed E-state index contributed by atoms with van der Waals surface area (Å²) < 4.78 is 0. The maximum atomic E-state index is 13.4. The van der Waals surface area contributed by atoms with Crippen LogP contribution in [0.5, 0.6) is 0 Å². The number of rotatable bonds is 14. The number of aliphatic carboxylic acids is 1. The van der Waals surface area contributed by atoms with Gasteiger partial charge in [-0.2, -0.15) is 0 Å². The number of amides is 4. The number of aromatic nitrogens is 1. The maximum absolute atomic E-state index is 13.4. The minimum Gasteiger partial charge on any atom is -0.480 e. The third-order valence-electron chi connectivity index (χ3n) is 6.69. The molecule has 3 aromatic rings. The molecule has 4 amide bonds. The SMILES string of the molecule is CC(C)C(N)C(=O)NC(Cc1ccccc1)C(=O)NC(CC(N)=O)C(=O)NC(Cc1c[nH]c2ccccc12)C(=O)O. The van der Waals surface area contributed by atoms with E-state index in [9.17, 15) is 29.1 Å². The van der Waals surface area contributed by atoms with Crippen LogP contribution in [0.25, 0.3) is 10.9 Å². The van der Waals surface area contributed by atoms with E-state index in [1.807, 2.05) is 24.3 Å². The number of carbonyl (C=O) groups is 5. The molecule has 1 aromatic heterocycles. The summed E-state index contributed by atoms with van der Waals surface area (Å²) >= 11 is 0. The predicted molar refractivity (Wildman–Crippen MR) is 152 cm³/mol. The number of para-hydroxylation sites is 1. The van der Waals surface area contributed by atoms with Crippen LogP contribution >= 0.6 is 0 Å². The van der Waals surface area contributed by atoms with Crippen molar-refractivity contribution in [1.29, 1.82) is 0 Å². The Morgan fingerprint density at radius 3 is 2.02 bits per heavy atom. The van der Waals surface area contributed by atoms with E-state index >= 15 is 0 Å². The lowest BCUT2D eigenvalue weighted by Gasteiger charge is -2.25. The molecule has 0 saturated carbocycles. The molecule has 0 fully saturated rings. The van der Waals surface area contributed by atoms with Gasteiger partial charge in [-0.15, -0.1) is 0 Å². The monoisotopic (exact) mass is 564 g/mol. The zero-order valence-electron chi connectivity index (χ0n) is 22.9. The van der Waals surface area contributed by atoms with Crippen LogP contribution in [0.2, 0.25) is 0 Å². The molecule has 1 heterocycles. The Morgan fingerprint density at radius 2 is 1.39 bits per heavy atom.